The summed E-state index contributed by atoms with van der Waals surface area (Å²) in [5, 5.41) is 84.5. The number of alkyl carbamates (subject to hydrolysis) is 1. The van der Waals surface area contributed by atoms with Crippen LogP contribution in [0.5, 0.6) is 0 Å². The lowest BCUT2D eigenvalue weighted by atomic mass is 9.96. The Morgan fingerprint density at radius 2 is 1.11 bits per heavy atom. The Labute approximate surface area is 810 Å². The van der Waals surface area contributed by atoms with Crippen molar-refractivity contribution in [2.75, 3.05) is 38.5 Å². The van der Waals surface area contributed by atoms with E-state index in [9.17, 15) is 125 Å². The Hall–Kier alpha value is -14.8. The standard InChI is InChI=1S/C90H127N19O31S/c1-9-10-11-12-13-14-15-29-68(113)100-59(37-51-43-94-56-26-19-17-23-53(51)56)82(129)103-60(39-67(92)112)83(130)105-63(42-74(122)123)84(131)109-76-50(5)139-88(135)64(38-66(111)54-24-16-18-25-55(54)91)106-87(134)75(48(3)36-71(116)117)108-85(132)65(46-110)101-70(115)44-95-79(126)61(40-72(118)119)102-77(124)49(4)98-81(128)62(41-73(120)121)104-80(127)58(99-69(114)45-96-86(76)133)28-22-34-93-78(125)57(107-89(136)140-90(6,7)8)27-20-21-35-97-141(137,138)52-32-30-47(2)31-33-52/h16-19,23-26,30-33,43,48-50,57-65,75-76,94,97,110H,9-15,20-22,27-29,34-42,44-46,91H2,1-8H3,(H2,92,112)(H,93,125)(H,95,126)(H,96,133)(H,98,128)(H,99,114)(H,100,113)(H,101,115)(H,102,124)(H,103,129)(H,104,127)(H,105,130)(H,106,134)(H,107,136)(H,108,132)(H,109,131)(H,116,117)(H,118,119)(H,120,121)(H,122,123). The molecule has 51 heteroatoms. The zero-order valence-corrected chi connectivity index (χ0v) is 80.0. The van der Waals surface area contributed by atoms with Gasteiger partial charge in [-0.3, -0.25) is 95.9 Å². The second-order valence-corrected chi connectivity index (χ2v) is 36.4. The van der Waals surface area contributed by atoms with Crippen LogP contribution < -0.4 is 95.9 Å². The number of cyclic esters (lactones) is 1. The number of aryl methyl sites for hydroxylation is 1. The number of sulfonamides is 1. The van der Waals surface area contributed by atoms with Crippen LogP contribution in [0.1, 0.15) is 192 Å². The topological polar surface area (TPSA) is 790 Å². The fraction of sp³-hybridized carbons (Fsp3) is 0.533. The van der Waals surface area contributed by atoms with Gasteiger partial charge in [-0.15, -0.1) is 0 Å². The Balaban J connectivity index is 1.65. The number of aliphatic hydroxyl groups is 1. The lowest BCUT2D eigenvalue weighted by molar-refractivity contribution is -0.156. The molecule has 774 valence electrons. The van der Waals surface area contributed by atoms with Gasteiger partial charge in [0, 0.05) is 60.7 Å². The van der Waals surface area contributed by atoms with Gasteiger partial charge in [0.15, 0.2) is 5.78 Å². The van der Waals surface area contributed by atoms with Crippen molar-refractivity contribution in [2.24, 2.45) is 11.7 Å². The third kappa shape index (κ3) is 41.4. The molecule has 1 aliphatic rings. The minimum absolute atomic E-state index is 0.0305. The summed E-state index contributed by atoms with van der Waals surface area (Å²) in [4.78, 5) is 309. The van der Waals surface area contributed by atoms with Crippen molar-refractivity contribution in [1.29, 1.82) is 0 Å². The number of anilines is 1. The number of nitrogen functional groups attached to an aromatic ring is 1. The number of esters is 1. The molecule has 141 heavy (non-hydrogen) atoms. The molecule has 5 rings (SSSR count). The molecule has 4 aromatic rings. The lowest BCUT2D eigenvalue weighted by Gasteiger charge is -2.30. The van der Waals surface area contributed by atoms with Crippen molar-refractivity contribution >= 4 is 157 Å². The Morgan fingerprint density at radius 1 is 0.546 bits per heavy atom. The summed E-state index contributed by atoms with van der Waals surface area (Å²) in [6, 6.07) is -7.22. The number of aliphatic carboxylic acids is 4. The van der Waals surface area contributed by atoms with Crippen molar-refractivity contribution in [3.8, 4) is 0 Å². The van der Waals surface area contributed by atoms with Crippen LogP contribution in [0, 0.1) is 12.8 Å². The van der Waals surface area contributed by atoms with Crippen LogP contribution in [0.3, 0.4) is 0 Å². The number of para-hydroxylation sites is 2. The van der Waals surface area contributed by atoms with Crippen molar-refractivity contribution in [1.82, 2.24) is 89.5 Å². The molecule has 1 aromatic heterocycles. The minimum Gasteiger partial charge on any atom is -0.481 e. The first-order chi connectivity index (χ1) is 66.4. The molecular formula is C90H127N19O31S. The fourth-order valence-electron chi connectivity index (χ4n) is 14.3. The molecule has 3 aromatic carbocycles. The van der Waals surface area contributed by atoms with E-state index in [1.807, 2.05) is 16.0 Å². The van der Waals surface area contributed by atoms with E-state index in [-0.39, 0.29) is 54.8 Å². The van der Waals surface area contributed by atoms with Gasteiger partial charge < -0.3 is 131 Å². The molecule has 50 nitrogen and oxygen atoms in total. The van der Waals surface area contributed by atoms with Crippen molar-refractivity contribution in [2.45, 2.75) is 273 Å². The summed E-state index contributed by atoms with van der Waals surface area (Å²) in [6.07, 6.45) is -4.70. The Bertz CT molecular complexity index is 5260. The van der Waals surface area contributed by atoms with Gasteiger partial charge in [0.2, 0.25) is 98.6 Å². The maximum Gasteiger partial charge on any atom is 0.408 e. The second-order valence-electron chi connectivity index (χ2n) is 34.7. The molecule has 0 radical (unpaired) electrons. The number of unbranched alkanes of at least 4 members (excludes halogenated alkanes) is 7. The molecule has 16 amide bonds. The first-order valence-corrected chi connectivity index (χ1v) is 47.0. The maximum absolute atomic E-state index is 15.2. The van der Waals surface area contributed by atoms with Gasteiger partial charge in [0.1, 0.15) is 84.2 Å². The van der Waals surface area contributed by atoms with Crippen LogP contribution in [-0.2, 0) is 122 Å². The molecule has 14 unspecified atom stereocenters. The van der Waals surface area contributed by atoms with Gasteiger partial charge in [-0.05, 0) is 122 Å². The average molecular weight is 2000 g/mol. The average Bonchev–Trinajstić information content (AvgIpc) is 1.68. The van der Waals surface area contributed by atoms with Crippen molar-refractivity contribution in [3.63, 3.8) is 0 Å². The van der Waals surface area contributed by atoms with E-state index in [0.717, 1.165) is 58.4 Å². The number of hydrogen-bond donors (Lipinski definition) is 24. The second kappa shape index (κ2) is 57.6. The Kier molecular flexibility index (Phi) is 47.6. The molecule has 1 fully saturated rings. The number of nitrogens with one attached hydrogen (secondary N) is 17. The predicted octanol–water partition coefficient (Wildman–Crippen LogP) is -3.11. The summed E-state index contributed by atoms with van der Waals surface area (Å²) >= 11 is 0. The van der Waals surface area contributed by atoms with E-state index < -0.39 is 308 Å². The minimum atomic E-state index is -3.99. The molecule has 26 N–H and O–H groups in total. The number of hydrogen-bond acceptors (Lipinski definition) is 28. The van der Waals surface area contributed by atoms with Gasteiger partial charge in [-0.2, -0.15) is 0 Å². The normalized spacial score (nSPS) is 19.8. The van der Waals surface area contributed by atoms with Gasteiger partial charge in [-0.1, -0.05) is 100 Å². The monoisotopic (exact) mass is 2000 g/mol. The van der Waals surface area contributed by atoms with Gasteiger partial charge in [0.05, 0.1) is 56.7 Å². The number of aliphatic hydroxyl groups excluding tert-OH is 1. The number of carboxylic acids is 4. The third-order valence-corrected chi connectivity index (χ3v) is 23.2. The highest BCUT2D eigenvalue weighted by atomic mass is 32.2. The van der Waals surface area contributed by atoms with E-state index in [0.29, 0.717) is 29.3 Å². The molecule has 0 bridgehead atoms. The quantitative estimate of drug-likeness (QED) is 0.00901. The fourth-order valence-corrected chi connectivity index (χ4v) is 15.3. The number of amides is 16. The predicted molar refractivity (Wildman–Crippen MR) is 498 cm³/mol. The highest BCUT2D eigenvalue weighted by Crippen LogP contribution is 2.23. The van der Waals surface area contributed by atoms with Gasteiger partial charge in [-0.25, -0.2) is 22.7 Å². The number of H-pyrrole nitrogens is 1. The molecule has 1 aliphatic heterocycles. The van der Waals surface area contributed by atoms with E-state index in [2.05, 4.69) is 80.4 Å². The SMILES string of the molecule is CCCCCCCCCC(=O)NC(Cc1c[nH]c2ccccc12)C(=O)NC(CC(N)=O)C(=O)NC(CC(=O)O)C(=O)NC1C(=O)NCC(=O)NC(CCCNC(=O)C(CCCCNS(=O)(=O)c2ccc(C)cc2)NC(=O)OC(C)(C)C)C(=O)NC(CC(=O)O)C(=O)NC(C)C(=O)NC(CC(=O)O)C(=O)NCC(=O)NC(CO)C(=O)NC(C(C)CC(=O)O)C(=O)NC(CC(=O)c2ccccc2N)C(=O)OC1C. The van der Waals surface area contributed by atoms with Crippen LogP contribution in [0.2, 0.25) is 0 Å². The molecular weight excluding hydrogens is 1880 g/mol. The number of carboxylic acid groups (broad SMARTS) is 4. The third-order valence-electron chi connectivity index (χ3n) is 21.7. The van der Waals surface area contributed by atoms with E-state index in [1.54, 1.807) is 49.5 Å². The largest absolute Gasteiger partial charge is 0.481 e. The van der Waals surface area contributed by atoms with Crippen LogP contribution in [-0.4, -0.2) is 286 Å². The summed E-state index contributed by atoms with van der Waals surface area (Å²) in [5.74, 6) is -31.9. The van der Waals surface area contributed by atoms with E-state index >= 15 is 14.4 Å². The number of aromatic amines is 1. The summed E-state index contributed by atoms with van der Waals surface area (Å²) in [6.45, 7) is 6.67. The molecule has 0 aliphatic carbocycles. The van der Waals surface area contributed by atoms with E-state index in [1.165, 1.54) is 57.2 Å². The number of carbonyl (C=O) groups excluding carboxylic acids is 18. The number of primary amides is 1. The number of Topliss-reactive ketones (excluding diaryl/α,β-unsaturated/α-hetero) is 1. The molecule has 2 heterocycles. The number of carbonyl (C=O) groups is 22. The van der Waals surface area contributed by atoms with Crippen LogP contribution >= 0.6 is 0 Å². The molecule has 0 saturated carbocycles. The number of fused-ring (bicyclic) bond motifs is 1. The van der Waals surface area contributed by atoms with Crippen molar-refractivity contribution in [3.05, 3.63) is 95.7 Å². The zero-order chi connectivity index (χ0) is 105. The first-order valence-electron chi connectivity index (χ1n) is 45.5. The molecule has 14 atom stereocenters. The number of ether oxygens (including phenoxy) is 2. The number of benzene rings is 3. The summed E-state index contributed by atoms with van der Waals surface area (Å²) in [7, 11) is -3.99. The maximum atomic E-state index is 15.2. The van der Waals surface area contributed by atoms with Crippen LogP contribution in [0.4, 0.5) is 10.5 Å². The number of nitrogens with two attached hydrogens (primary N) is 2. The van der Waals surface area contributed by atoms with Gasteiger partial charge in [0.25, 0.3) is 0 Å². The smallest absolute Gasteiger partial charge is 0.408 e. The summed E-state index contributed by atoms with van der Waals surface area (Å²) in [5.41, 5.74) is 12.0. The van der Waals surface area contributed by atoms with Crippen LogP contribution in [0.25, 0.3) is 10.9 Å². The van der Waals surface area contributed by atoms with Crippen molar-refractivity contribution < 1.29 is 149 Å². The zero-order valence-electron chi connectivity index (χ0n) is 79.2. The lowest BCUT2D eigenvalue weighted by Crippen LogP contribution is -2.62. The number of aromatic nitrogens is 1. The first kappa shape index (κ1) is 117. The number of ketones is 1. The molecule has 1 saturated heterocycles. The highest BCUT2D eigenvalue weighted by molar-refractivity contribution is 7.89. The highest BCUT2D eigenvalue weighted by Gasteiger charge is 2.42. The Morgan fingerprint density at radius 3 is 1.72 bits per heavy atom. The van der Waals surface area contributed by atoms with Crippen LogP contribution in [0.15, 0.2) is 83.9 Å². The summed E-state index contributed by atoms with van der Waals surface area (Å²) < 4.78 is 39.7. The number of rotatable bonds is 45. The molecule has 0 spiro atoms. The van der Waals surface area contributed by atoms with E-state index in [4.69, 9.17) is 20.9 Å². The van der Waals surface area contributed by atoms with Gasteiger partial charge >= 0.3 is 35.9 Å².